The molecule has 8 heteroatoms. The second kappa shape index (κ2) is 10.6. The summed E-state index contributed by atoms with van der Waals surface area (Å²) in [4.78, 5) is 37.7. The van der Waals surface area contributed by atoms with Gasteiger partial charge in [0.1, 0.15) is 6.10 Å². The van der Waals surface area contributed by atoms with Gasteiger partial charge in [0.05, 0.1) is 6.61 Å². The Morgan fingerprint density at radius 2 is 1.38 bits per heavy atom. The zero-order valence-electron chi connectivity index (χ0n) is 22.6. The summed E-state index contributed by atoms with van der Waals surface area (Å²) in [6.07, 6.45) is 1.95. The summed E-state index contributed by atoms with van der Waals surface area (Å²) >= 11 is 0. The van der Waals surface area contributed by atoms with E-state index in [0.717, 1.165) is 10.4 Å². The number of benzene rings is 2. The van der Waals surface area contributed by atoms with Crippen LogP contribution in [0.15, 0.2) is 72.8 Å². The molecule has 198 valence electrons. The maximum atomic E-state index is 12.9. The monoisotopic (exact) mass is 524 g/mol. The third-order valence-electron chi connectivity index (χ3n) is 6.51. The Bertz CT molecular complexity index is 1090. The lowest BCUT2D eigenvalue weighted by molar-refractivity contribution is -0.255. The van der Waals surface area contributed by atoms with Crippen LogP contribution in [0.5, 0.6) is 0 Å². The van der Waals surface area contributed by atoms with Gasteiger partial charge >= 0.3 is 17.9 Å². The molecule has 1 aliphatic rings. The molecule has 1 heterocycles. The van der Waals surface area contributed by atoms with Crippen LogP contribution in [0.2, 0.25) is 5.04 Å². The minimum absolute atomic E-state index is 0.163. The zero-order valence-corrected chi connectivity index (χ0v) is 23.6. The normalized spacial score (nSPS) is 18.1. The van der Waals surface area contributed by atoms with Crippen molar-refractivity contribution in [2.45, 2.75) is 65.4 Å². The smallest absolute Gasteiger partial charge is 0.330 e. The Kier molecular flexibility index (Phi) is 8.14. The van der Waals surface area contributed by atoms with E-state index in [9.17, 15) is 14.4 Å². The summed E-state index contributed by atoms with van der Waals surface area (Å²) in [6, 6.07) is 20.3. The number of esters is 3. The van der Waals surface area contributed by atoms with Crippen LogP contribution in [0.3, 0.4) is 0 Å². The van der Waals surface area contributed by atoms with E-state index >= 15 is 0 Å². The number of ether oxygens (including phenoxy) is 3. The Hall–Kier alpha value is -3.23. The quantitative estimate of drug-likeness (QED) is 0.224. The Morgan fingerprint density at radius 3 is 1.78 bits per heavy atom. The largest absolute Gasteiger partial charge is 0.456 e. The summed E-state index contributed by atoms with van der Waals surface area (Å²) in [5, 5.41) is 2.01. The molecule has 0 saturated carbocycles. The van der Waals surface area contributed by atoms with Crippen LogP contribution in [0.4, 0.5) is 0 Å². The second-order valence-corrected chi connectivity index (χ2v) is 15.1. The van der Waals surface area contributed by atoms with Crippen LogP contribution in [0.25, 0.3) is 0 Å². The van der Waals surface area contributed by atoms with Gasteiger partial charge in [-0.3, -0.25) is 14.4 Å². The van der Waals surface area contributed by atoms with Crippen molar-refractivity contribution in [2.75, 3.05) is 6.61 Å². The first-order chi connectivity index (χ1) is 17.2. The minimum atomic E-state index is -2.80. The van der Waals surface area contributed by atoms with Crippen molar-refractivity contribution in [3.63, 3.8) is 0 Å². The van der Waals surface area contributed by atoms with E-state index in [1.807, 2.05) is 36.4 Å². The van der Waals surface area contributed by atoms with Gasteiger partial charge in [0, 0.05) is 20.8 Å². The van der Waals surface area contributed by atoms with Crippen molar-refractivity contribution < 1.29 is 33.0 Å². The number of carbonyl (C=O) groups is 3. The SMILES string of the molecule is CC(=O)O[C@H](/C=C/CO[Si](c1ccccc1)(c1ccccc1)C(C)(C)C)C1(C)C(=O)OC(C)(C)OC1=O. The van der Waals surface area contributed by atoms with E-state index in [1.54, 1.807) is 6.08 Å². The maximum Gasteiger partial charge on any atom is 0.330 e. The van der Waals surface area contributed by atoms with E-state index in [0.29, 0.717) is 0 Å². The van der Waals surface area contributed by atoms with Crippen LogP contribution >= 0.6 is 0 Å². The highest BCUT2D eigenvalue weighted by atomic mass is 28.4. The third kappa shape index (κ3) is 5.70. The molecule has 0 unspecified atom stereocenters. The Morgan fingerprint density at radius 1 is 0.919 bits per heavy atom. The molecule has 37 heavy (non-hydrogen) atoms. The molecule has 0 amide bonds. The fourth-order valence-corrected chi connectivity index (χ4v) is 9.14. The third-order valence-corrected chi connectivity index (χ3v) is 11.5. The van der Waals surface area contributed by atoms with Crippen LogP contribution in [-0.4, -0.2) is 44.7 Å². The molecule has 1 aliphatic heterocycles. The molecular weight excluding hydrogens is 488 g/mol. The predicted octanol–water partition coefficient (Wildman–Crippen LogP) is 3.89. The van der Waals surface area contributed by atoms with Gasteiger partial charge in [-0.15, -0.1) is 0 Å². The van der Waals surface area contributed by atoms with E-state index in [2.05, 4.69) is 45.0 Å². The van der Waals surface area contributed by atoms with Crippen molar-refractivity contribution in [1.29, 1.82) is 0 Å². The van der Waals surface area contributed by atoms with Crippen LogP contribution in [-0.2, 0) is 33.0 Å². The molecule has 2 aromatic carbocycles. The van der Waals surface area contributed by atoms with Gasteiger partial charge in [0.2, 0.25) is 5.41 Å². The number of cyclic esters (lactones) is 2. The standard InChI is InChI=1S/C29H36O7Si/c1-21(30)34-24(29(7)25(31)35-28(5,6)36-26(29)32)19-14-20-33-37(27(2,3)4,22-15-10-8-11-16-22)23-17-12-9-13-18-23/h8-19,24H,20H2,1-7H3/b19-14+/t24-/m1/s1. The van der Waals surface area contributed by atoms with Crippen LogP contribution in [0.1, 0.15) is 48.5 Å². The Balaban J connectivity index is 1.96. The van der Waals surface area contributed by atoms with Crippen LogP contribution in [0, 0.1) is 5.41 Å². The molecule has 0 radical (unpaired) electrons. The fourth-order valence-electron chi connectivity index (χ4n) is 4.64. The first-order valence-corrected chi connectivity index (χ1v) is 14.2. The molecule has 1 fully saturated rings. The number of hydrogen-bond acceptors (Lipinski definition) is 7. The van der Waals surface area contributed by atoms with E-state index < -0.39 is 43.5 Å². The highest BCUT2D eigenvalue weighted by Gasteiger charge is 2.58. The van der Waals surface area contributed by atoms with Gasteiger partial charge in [-0.1, -0.05) is 87.5 Å². The minimum Gasteiger partial charge on any atom is -0.456 e. The summed E-state index contributed by atoms with van der Waals surface area (Å²) in [5.74, 6) is -3.69. The first kappa shape index (κ1) is 28.3. The molecule has 1 atom stereocenters. The van der Waals surface area contributed by atoms with Gasteiger partial charge in [-0.05, 0) is 28.4 Å². The molecule has 0 N–H and O–H groups in total. The highest BCUT2D eigenvalue weighted by Crippen LogP contribution is 2.38. The number of carbonyl (C=O) groups excluding carboxylic acids is 3. The summed E-state index contributed by atoms with van der Waals surface area (Å²) in [7, 11) is -2.80. The summed E-state index contributed by atoms with van der Waals surface area (Å²) < 4.78 is 22.8. The van der Waals surface area contributed by atoms with Crippen LogP contribution < -0.4 is 10.4 Å². The number of hydrogen-bond donors (Lipinski definition) is 0. The molecule has 0 aromatic heterocycles. The van der Waals surface area contributed by atoms with E-state index in [4.69, 9.17) is 18.6 Å². The molecule has 2 aromatic rings. The topological polar surface area (TPSA) is 88.1 Å². The lowest BCUT2D eigenvalue weighted by Gasteiger charge is -2.43. The summed E-state index contributed by atoms with van der Waals surface area (Å²) in [6.45, 7) is 12.2. The van der Waals surface area contributed by atoms with Crippen molar-refractivity contribution in [1.82, 2.24) is 0 Å². The van der Waals surface area contributed by atoms with Crippen molar-refractivity contribution in [3.8, 4) is 0 Å². The average Bonchev–Trinajstić information content (AvgIpc) is 2.81. The van der Waals surface area contributed by atoms with Crippen molar-refractivity contribution in [2.24, 2.45) is 5.41 Å². The van der Waals surface area contributed by atoms with E-state index in [-0.39, 0.29) is 11.6 Å². The lowest BCUT2D eigenvalue weighted by Crippen LogP contribution is -2.66. The van der Waals surface area contributed by atoms with Gasteiger partial charge in [0.25, 0.3) is 14.1 Å². The molecular formula is C29H36O7Si. The van der Waals surface area contributed by atoms with Gasteiger partial charge in [-0.25, -0.2) is 0 Å². The zero-order chi connectivity index (χ0) is 27.5. The summed E-state index contributed by atoms with van der Waals surface area (Å²) in [5.41, 5.74) is -1.85. The average molecular weight is 525 g/mol. The maximum absolute atomic E-state index is 12.9. The van der Waals surface area contributed by atoms with Gasteiger partial charge in [0.15, 0.2) is 0 Å². The lowest BCUT2D eigenvalue weighted by atomic mass is 9.82. The molecule has 0 aliphatic carbocycles. The Labute approximate surface area is 219 Å². The fraction of sp³-hybridized carbons (Fsp3) is 0.414. The molecule has 1 saturated heterocycles. The van der Waals surface area contributed by atoms with Gasteiger partial charge in [-0.2, -0.15) is 0 Å². The molecule has 7 nitrogen and oxygen atoms in total. The molecule has 0 bridgehead atoms. The van der Waals surface area contributed by atoms with Gasteiger partial charge < -0.3 is 18.6 Å². The molecule has 0 spiro atoms. The van der Waals surface area contributed by atoms with Crippen molar-refractivity contribution in [3.05, 3.63) is 72.8 Å². The molecule has 3 rings (SSSR count). The second-order valence-electron chi connectivity index (χ2n) is 10.8. The van der Waals surface area contributed by atoms with E-state index in [1.165, 1.54) is 33.8 Å². The van der Waals surface area contributed by atoms with Crippen molar-refractivity contribution >= 4 is 36.6 Å². The number of rotatable bonds is 8. The predicted molar refractivity (Wildman–Crippen MR) is 143 cm³/mol. The highest BCUT2D eigenvalue weighted by molar-refractivity contribution is 6.99. The first-order valence-electron chi connectivity index (χ1n) is 12.3.